The predicted molar refractivity (Wildman–Crippen MR) is 62.6 cm³/mol. The number of nitrogen functional groups attached to an aromatic ring is 1. The zero-order chi connectivity index (χ0) is 11.3. The summed E-state index contributed by atoms with van der Waals surface area (Å²) < 4.78 is 7.35. The summed E-state index contributed by atoms with van der Waals surface area (Å²) in [5, 5.41) is 0. The molecule has 1 rings (SSSR count). The van der Waals surface area contributed by atoms with E-state index in [0.29, 0.717) is 12.2 Å². The topological polar surface area (TPSA) is 64.3 Å². The number of anilines is 1. The average Bonchev–Trinajstić information content (AvgIpc) is 2.26. The minimum absolute atomic E-state index is 0.325. The predicted octanol–water partition coefficient (Wildman–Crippen LogP) is 0.960. The lowest BCUT2D eigenvalue weighted by atomic mass is 9.98. The molecule has 0 aromatic heterocycles. The smallest absolute Gasteiger partial charge is 0.314 e. The summed E-state index contributed by atoms with van der Waals surface area (Å²) in [6, 6.07) is 7.22. The second-order valence-corrected chi connectivity index (χ2v) is 3.38. The van der Waals surface area contributed by atoms with Crippen LogP contribution in [0.1, 0.15) is 11.5 Å². The lowest BCUT2D eigenvalue weighted by Gasteiger charge is -2.15. The molecule has 1 atom stereocenters. The number of carbonyl (C=O) groups excluding carboxylic acids is 1. The number of methoxy groups -OCH3 is 1. The molecule has 0 aliphatic rings. The Hall–Kier alpha value is -1.20. The second-order valence-electron chi connectivity index (χ2n) is 3.07. The number of ether oxygens (including phenoxy) is 1. The van der Waals surface area contributed by atoms with Crippen molar-refractivity contribution in [3.63, 3.8) is 0 Å². The fourth-order valence-electron chi connectivity index (χ4n) is 1.38. The molecule has 0 amide bonds. The molecule has 5 heteroatoms. The van der Waals surface area contributed by atoms with Crippen molar-refractivity contribution in [2.45, 2.75) is 5.92 Å². The first-order valence-corrected chi connectivity index (χ1v) is 4.94. The number of hydrogen-bond acceptors (Lipinski definition) is 5. The Morgan fingerprint density at radius 1 is 1.60 bits per heavy atom. The molecule has 0 bridgehead atoms. The van der Waals surface area contributed by atoms with Gasteiger partial charge >= 0.3 is 5.97 Å². The van der Waals surface area contributed by atoms with Crippen LogP contribution < -0.4 is 10.5 Å². The normalized spacial score (nSPS) is 12.1. The van der Waals surface area contributed by atoms with E-state index in [4.69, 9.17) is 10.5 Å². The standard InChI is InChI=1S/C10H14N2O2S/c1-14-10(13)8(6-12-15)7-4-2-3-5-9(7)11/h2-5,8,12,15H,6,11H2,1H3/t8-/m1/s1. The first-order valence-electron chi connectivity index (χ1n) is 4.50. The van der Waals surface area contributed by atoms with Gasteiger partial charge in [-0.15, -0.1) is 0 Å². The van der Waals surface area contributed by atoms with Crippen LogP contribution in [0.5, 0.6) is 0 Å². The second kappa shape index (κ2) is 5.63. The monoisotopic (exact) mass is 226 g/mol. The van der Waals surface area contributed by atoms with E-state index in [0.717, 1.165) is 5.56 Å². The molecular formula is C10H14N2O2S. The number of carbonyl (C=O) groups is 1. The molecule has 0 fully saturated rings. The largest absolute Gasteiger partial charge is 0.469 e. The zero-order valence-electron chi connectivity index (χ0n) is 8.43. The summed E-state index contributed by atoms with van der Waals surface area (Å²) >= 11 is 3.88. The number of hydrogen-bond donors (Lipinski definition) is 3. The van der Waals surface area contributed by atoms with Crippen LogP contribution in [0.15, 0.2) is 24.3 Å². The lowest BCUT2D eigenvalue weighted by molar-refractivity contribution is -0.142. The third-order valence-electron chi connectivity index (χ3n) is 2.15. The van der Waals surface area contributed by atoms with Crippen LogP contribution in [0.3, 0.4) is 0 Å². The third-order valence-corrected chi connectivity index (χ3v) is 2.34. The number of benzene rings is 1. The van der Waals surface area contributed by atoms with Crippen molar-refractivity contribution in [1.29, 1.82) is 0 Å². The Balaban J connectivity index is 2.98. The van der Waals surface area contributed by atoms with Crippen molar-refractivity contribution in [2.24, 2.45) is 0 Å². The van der Waals surface area contributed by atoms with Crippen molar-refractivity contribution in [3.05, 3.63) is 29.8 Å². The Morgan fingerprint density at radius 3 is 2.80 bits per heavy atom. The van der Waals surface area contributed by atoms with Crippen molar-refractivity contribution >= 4 is 24.5 Å². The molecule has 4 nitrogen and oxygen atoms in total. The van der Waals surface area contributed by atoms with Crippen molar-refractivity contribution in [1.82, 2.24) is 4.72 Å². The van der Waals surface area contributed by atoms with E-state index in [-0.39, 0.29) is 5.97 Å². The zero-order valence-corrected chi connectivity index (χ0v) is 9.33. The Labute approximate surface area is 94.3 Å². The molecule has 0 radical (unpaired) electrons. The molecular weight excluding hydrogens is 212 g/mol. The lowest BCUT2D eigenvalue weighted by Crippen LogP contribution is -2.24. The molecule has 82 valence electrons. The molecule has 0 saturated carbocycles. The van der Waals surface area contributed by atoms with Crippen molar-refractivity contribution in [3.8, 4) is 0 Å². The van der Waals surface area contributed by atoms with Crippen molar-refractivity contribution < 1.29 is 9.53 Å². The van der Waals surface area contributed by atoms with Crippen LogP contribution in [-0.4, -0.2) is 19.6 Å². The maximum atomic E-state index is 11.5. The first-order chi connectivity index (χ1) is 7.20. The van der Waals surface area contributed by atoms with Gasteiger partial charge in [-0.3, -0.25) is 9.52 Å². The van der Waals surface area contributed by atoms with Crippen LogP contribution in [0, 0.1) is 0 Å². The highest BCUT2D eigenvalue weighted by Crippen LogP contribution is 2.22. The molecule has 3 N–H and O–H groups in total. The third kappa shape index (κ3) is 2.87. The molecule has 0 unspecified atom stereocenters. The fraction of sp³-hybridized carbons (Fsp3) is 0.300. The van der Waals surface area contributed by atoms with Crippen LogP contribution in [-0.2, 0) is 9.53 Å². The highest BCUT2D eigenvalue weighted by Gasteiger charge is 2.22. The average molecular weight is 226 g/mol. The van der Waals surface area contributed by atoms with E-state index in [1.165, 1.54) is 7.11 Å². The number of para-hydroxylation sites is 1. The minimum Gasteiger partial charge on any atom is -0.469 e. The SMILES string of the molecule is COC(=O)[C@H](CNS)c1ccccc1N. The number of nitrogens with two attached hydrogens (primary N) is 1. The van der Waals surface area contributed by atoms with E-state index in [9.17, 15) is 4.79 Å². The van der Waals surface area contributed by atoms with Gasteiger partial charge in [0.05, 0.1) is 13.0 Å². The number of rotatable bonds is 4. The summed E-state index contributed by atoms with van der Waals surface area (Å²) in [5.41, 5.74) is 7.12. The van der Waals surface area contributed by atoms with Gasteiger partial charge in [0.15, 0.2) is 0 Å². The van der Waals surface area contributed by atoms with Gasteiger partial charge in [-0.25, -0.2) is 0 Å². The minimum atomic E-state index is -0.423. The van der Waals surface area contributed by atoms with Gasteiger partial charge in [-0.2, -0.15) is 0 Å². The maximum absolute atomic E-state index is 11.5. The van der Waals surface area contributed by atoms with E-state index in [1.807, 2.05) is 18.2 Å². The van der Waals surface area contributed by atoms with Crippen molar-refractivity contribution in [2.75, 3.05) is 19.4 Å². The molecule has 0 aliphatic heterocycles. The van der Waals surface area contributed by atoms with E-state index < -0.39 is 5.92 Å². The number of esters is 1. The highest BCUT2D eigenvalue weighted by molar-refractivity contribution is 7.78. The highest BCUT2D eigenvalue weighted by atomic mass is 32.1. The van der Waals surface area contributed by atoms with Gasteiger partial charge in [-0.1, -0.05) is 31.0 Å². The van der Waals surface area contributed by atoms with Crippen LogP contribution in [0.4, 0.5) is 5.69 Å². The van der Waals surface area contributed by atoms with Gasteiger partial charge < -0.3 is 10.5 Å². The number of nitrogens with one attached hydrogen (secondary N) is 1. The molecule has 0 heterocycles. The number of thiol groups is 1. The Kier molecular flexibility index (Phi) is 4.45. The summed E-state index contributed by atoms with van der Waals surface area (Å²) in [5.74, 6) is -0.747. The molecule has 0 spiro atoms. The van der Waals surface area contributed by atoms with Gasteiger partial charge in [0.1, 0.15) is 0 Å². The fourth-order valence-corrected chi connectivity index (χ4v) is 1.56. The molecule has 0 saturated heterocycles. The van der Waals surface area contributed by atoms with E-state index in [2.05, 4.69) is 17.5 Å². The Bertz CT molecular complexity index is 344. The van der Waals surface area contributed by atoms with Crippen LogP contribution in [0.25, 0.3) is 0 Å². The summed E-state index contributed by atoms with van der Waals surface area (Å²) in [6.45, 7) is 0.379. The van der Waals surface area contributed by atoms with Crippen LogP contribution in [0.2, 0.25) is 0 Å². The van der Waals surface area contributed by atoms with Gasteiger partial charge in [0.2, 0.25) is 0 Å². The van der Waals surface area contributed by atoms with Gasteiger partial charge in [0.25, 0.3) is 0 Å². The summed E-state index contributed by atoms with van der Waals surface area (Å²) in [7, 11) is 1.35. The van der Waals surface area contributed by atoms with E-state index in [1.54, 1.807) is 6.07 Å². The quantitative estimate of drug-likeness (QED) is 0.406. The molecule has 15 heavy (non-hydrogen) atoms. The summed E-state index contributed by atoms with van der Waals surface area (Å²) in [6.07, 6.45) is 0. The molecule has 1 aromatic carbocycles. The van der Waals surface area contributed by atoms with Crippen LogP contribution >= 0.6 is 12.8 Å². The molecule has 0 aliphatic carbocycles. The maximum Gasteiger partial charge on any atom is 0.314 e. The van der Waals surface area contributed by atoms with Gasteiger partial charge in [-0.05, 0) is 11.6 Å². The van der Waals surface area contributed by atoms with E-state index >= 15 is 0 Å². The van der Waals surface area contributed by atoms with Gasteiger partial charge in [0, 0.05) is 12.2 Å². The Morgan fingerprint density at radius 2 is 2.27 bits per heavy atom. The summed E-state index contributed by atoms with van der Waals surface area (Å²) in [4.78, 5) is 11.5. The first kappa shape index (κ1) is 11.9. The molecule has 1 aromatic rings.